The molecule has 0 aliphatic heterocycles. The summed E-state index contributed by atoms with van der Waals surface area (Å²) in [5, 5.41) is 0. The normalized spacial score (nSPS) is 0. The predicted octanol–water partition coefficient (Wildman–Crippen LogP) is 0. The molecular formula is Ce6+24. The molecule has 0 nitrogen and oxygen atoms in total. The summed E-state index contributed by atoms with van der Waals surface area (Å²) < 4.78 is 0. The second-order valence-electron chi connectivity index (χ2n) is 0. The van der Waals surface area contributed by atoms with E-state index >= 15 is 0 Å². The van der Waals surface area contributed by atoms with Gasteiger partial charge in [-0.1, -0.05) is 0 Å². The number of hydrogen-bond donors (Lipinski definition) is 0. The molecule has 0 saturated carbocycles. The zero-order chi connectivity index (χ0) is 0. The van der Waals surface area contributed by atoms with Crippen LogP contribution in [0.3, 0.4) is 0 Å². The Hall–Kier alpha value is 8.26. The van der Waals surface area contributed by atoms with Crippen molar-refractivity contribution in [2.75, 3.05) is 0 Å². The molecule has 0 valence electrons. The van der Waals surface area contributed by atoms with Gasteiger partial charge in [-0.3, -0.25) is 0 Å². The van der Waals surface area contributed by atoms with Crippen LogP contribution in [0.15, 0.2) is 0 Å². The van der Waals surface area contributed by atoms with Gasteiger partial charge in [-0.25, -0.2) is 0 Å². The first-order valence-electron chi connectivity index (χ1n) is 0. The van der Waals surface area contributed by atoms with Crippen LogP contribution in [-0.4, -0.2) is 0 Å². The molecule has 0 fully saturated rings. The van der Waals surface area contributed by atoms with E-state index in [9.17, 15) is 0 Å². The van der Waals surface area contributed by atoms with Crippen LogP contribution in [0, 0.1) is 250 Å². The fourth-order valence-corrected chi connectivity index (χ4v) is 0. The second kappa shape index (κ2) is 29.2. The maximum Gasteiger partial charge on any atom is 4.00 e. The van der Waals surface area contributed by atoms with E-state index in [1.807, 2.05) is 0 Å². The molecule has 0 rings (SSSR count). The van der Waals surface area contributed by atoms with Gasteiger partial charge in [0.05, 0.1) is 0 Å². The van der Waals surface area contributed by atoms with Gasteiger partial charge in [0.2, 0.25) is 0 Å². The number of hydrogen-bond acceptors (Lipinski definition) is 0. The fourth-order valence-electron chi connectivity index (χ4n) is 0. The summed E-state index contributed by atoms with van der Waals surface area (Å²) in [6.45, 7) is 0. The van der Waals surface area contributed by atoms with Crippen molar-refractivity contribution in [3.8, 4) is 0 Å². The van der Waals surface area contributed by atoms with Crippen molar-refractivity contribution < 1.29 is 250 Å². The van der Waals surface area contributed by atoms with Gasteiger partial charge in [0, 0.05) is 0 Å². The predicted molar refractivity (Wildman–Crippen MR) is 0 cm³/mol. The van der Waals surface area contributed by atoms with Gasteiger partial charge in [0.25, 0.3) is 0 Å². The Kier molecular flexibility index (Phi) is 179. The Morgan fingerprint density at radius 1 is 0.167 bits per heavy atom. The third-order valence-corrected chi connectivity index (χ3v) is 0. The van der Waals surface area contributed by atoms with Gasteiger partial charge in [-0.05, 0) is 0 Å². The SMILES string of the molecule is [Ce+4].[Ce+4].[Ce+4].[Ce+4].[Ce+4].[Ce+4]. The summed E-state index contributed by atoms with van der Waals surface area (Å²) in [4.78, 5) is 0. The topological polar surface area (TPSA) is 0 Å². The monoisotopic (exact) mass is 839 g/mol. The Morgan fingerprint density at radius 2 is 0.167 bits per heavy atom. The first-order valence-corrected chi connectivity index (χ1v) is 0. The van der Waals surface area contributed by atoms with E-state index < -0.39 is 0 Å². The number of rotatable bonds is 0. The van der Waals surface area contributed by atoms with Gasteiger partial charge in [-0.15, -0.1) is 0 Å². The minimum absolute atomic E-state index is 0. The van der Waals surface area contributed by atoms with Crippen LogP contribution >= 0.6 is 0 Å². The molecule has 6 heteroatoms. The van der Waals surface area contributed by atoms with E-state index in [0.717, 1.165) is 0 Å². The van der Waals surface area contributed by atoms with Crippen molar-refractivity contribution in [1.29, 1.82) is 0 Å². The largest absolute Gasteiger partial charge is 4.00 e. The molecule has 0 radical (unpaired) electrons. The summed E-state index contributed by atoms with van der Waals surface area (Å²) in [6.07, 6.45) is 0. The van der Waals surface area contributed by atoms with Crippen LogP contribution < -0.4 is 0 Å². The summed E-state index contributed by atoms with van der Waals surface area (Å²) in [5.74, 6) is 0. The molecule has 0 N–H and O–H groups in total. The van der Waals surface area contributed by atoms with E-state index in [0.29, 0.717) is 0 Å². The molecule has 0 amide bonds. The molecule has 0 aromatic carbocycles. The van der Waals surface area contributed by atoms with E-state index in [4.69, 9.17) is 0 Å². The van der Waals surface area contributed by atoms with E-state index in [1.54, 1.807) is 0 Å². The van der Waals surface area contributed by atoms with Crippen molar-refractivity contribution in [3.05, 3.63) is 0 Å². The van der Waals surface area contributed by atoms with Gasteiger partial charge in [0.15, 0.2) is 0 Å². The summed E-state index contributed by atoms with van der Waals surface area (Å²) >= 11 is 0. The van der Waals surface area contributed by atoms with Gasteiger partial charge in [-0.2, -0.15) is 0 Å². The zero-order valence-electron chi connectivity index (χ0n) is 3.00. The van der Waals surface area contributed by atoms with Crippen LogP contribution in [0.1, 0.15) is 0 Å². The Bertz CT molecular complexity index is 0. The standard InChI is InChI=1S/6Ce/q6*+4. The fraction of sp³-hybridized carbons (Fsp3) is 0. The van der Waals surface area contributed by atoms with Crippen LogP contribution in [0.4, 0.5) is 0 Å². The van der Waals surface area contributed by atoms with Gasteiger partial charge < -0.3 is 0 Å². The summed E-state index contributed by atoms with van der Waals surface area (Å²) in [6, 6.07) is 0. The Labute approximate surface area is 241 Å². The third-order valence-electron chi connectivity index (χ3n) is 0. The van der Waals surface area contributed by atoms with Crippen molar-refractivity contribution >= 4 is 0 Å². The molecule has 0 saturated heterocycles. The molecule has 0 heterocycles. The summed E-state index contributed by atoms with van der Waals surface area (Å²) in [7, 11) is 0. The molecule has 0 aliphatic carbocycles. The smallest absolute Gasteiger partial charge is 4.00 e. The minimum atomic E-state index is 0. The van der Waals surface area contributed by atoms with Crippen LogP contribution in [0.25, 0.3) is 0 Å². The maximum absolute atomic E-state index is 0. The van der Waals surface area contributed by atoms with E-state index in [-0.39, 0.29) is 250 Å². The van der Waals surface area contributed by atoms with Crippen LogP contribution in [0.5, 0.6) is 0 Å². The molecule has 0 aromatic heterocycles. The molecule has 0 atom stereocenters. The maximum atomic E-state index is 0. The summed E-state index contributed by atoms with van der Waals surface area (Å²) in [5.41, 5.74) is 0. The van der Waals surface area contributed by atoms with Crippen molar-refractivity contribution in [2.24, 2.45) is 0 Å². The third kappa shape index (κ3) is 22.8. The molecule has 0 aliphatic rings. The minimum Gasteiger partial charge on any atom is 4.00 e. The average molecular weight is 841 g/mol. The molecule has 0 spiro atoms. The molecular weight excluding hydrogens is 841 g/mol. The first-order chi connectivity index (χ1) is 0. The van der Waals surface area contributed by atoms with Crippen LogP contribution in [-0.2, 0) is 0 Å². The van der Waals surface area contributed by atoms with E-state index in [2.05, 4.69) is 0 Å². The molecule has 0 unspecified atom stereocenters. The quantitative estimate of drug-likeness (QED) is 0.323. The Balaban J connectivity index is 0. The molecule has 0 bridgehead atoms. The van der Waals surface area contributed by atoms with Gasteiger partial charge in [0.1, 0.15) is 0 Å². The van der Waals surface area contributed by atoms with Gasteiger partial charge >= 0.3 is 250 Å². The second-order valence-corrected chi connectivity index (χ2v) is 0. The Morgan fingerprint density at radius 3 is 0.167 bits per heavy atom. The van der Waals surface area contributed by atoms with Crippen molar-refractivity contribution in [1.82, 2.24) is 0 Å². The molecule has 0 aromatic rings. The van der Waals surface area contributed by atoms with E-state index in [1.165, 1.54) is 0 Å². The average Bonchev–Trinajstić information content (AvgIpc) is 0. The van der Waals surface area contributed by atoms with Crippen molar-refractivity contribution in [2.45, 2.75) is 0 Å². The molecule has 6 heavy (non-hydrogen) atoms. The van der Waals surface area contributed by atoms with Crippen LogP contribution in [0.2, 0.25) is 0 Å². The zero-order valence-corrected chi connectivity index (χ0v) is 21.8. The van der Waals surface area contributed by atoms with Crippen molar-refractivity contribution in [3.63, 3.8) is 0 Å². The first kappa shape index (κ1) is 36.7.